The predicted molar refractivity (Wildman–Crippen MR) is 68.9 cm³/mol. The average molecular weight is 252 g/mol. The molecule has 7 nitrogen and oxygen atoms in total. The summed E-state index contributed by atoms with van der Waals surface area (Å²) in [6.07, 6.45) is 0. The van der Waals surface area contributed by atoms with Gasteiger partial charge in [0, 0.05) is 11.6 Å². The lowest BCUT2D eigenvalue weighted by Crippen LogP contribution is -2.22. The Morgan fingerprint density at radius 2 is 1.50 bits per heavy atom. The van der Waals surface area contributed by atoms with E-state index in [0.717, 1.165) is 0 Å². The summed E-state index contributed by atoms with van der Waals surface area (Å²) < 4.78 is 15.4. The summed E-state index contributed by atoms with van der Waals surface area (Å²) in [5.74, 6) is 1.32. The van der Waals surface area contributed by atoms with Crippen LogP contribution in [0.15, 0.2) is 28.4 Å². The zero-order valence-electron chi connectivity index (χ0n) is 10.5. The minimum absolute atomic E-state index is 0.153. The van der Waals surface area contributed by atoms with Crippen molar-refractivity contribution in [3.63, 3.8) is 0 Å². The van der Waals surface area contributed by atoms with Gasteiger partial charge in [-0.15, -0.1) is 10.2 Å². The molecule has 0 saturated heterocycles. The SMILES string of the molecule is COC(=NN=C(N)N)c1cc(OC)cc(OC)c1. The molecule has 0 aliphatic heterocycles. The second kappa shape index (κ2) is 6.33. The lowest BCUT2D eigenvalue weighted by Gasteiger charge is -2.08. The molecule has 18 heavy (non-hydrogen) atoms. The summed E-state index contributed by atoms with van der Waals surface area (Å²) in [4.78, 5) is 0. The molecule has 1 aromatic rings. The third-order valence-corrected chi connectivity index (χ3v) is 2.05. The molecule has 0 spiro atoms. The lowest BCUT2D eigenvalue weighted by atomic mass is 10.2. The van der Waals surface area contributed by atoms with Gasteiger partial charge in [0.15, 0.2) is 0 Å². The van der Waals surface area contributed by atoms with Crippen molar-refractivity contribution in [3.8, 4) is 11.5 Å². The number of hydrogen-bond donors (Lipinski definition) is 2. The molecule has 0 atom stereocenters. The number of guanidine groups is 1. The average Bonchev–Trinajstić information content (AvgIpc) is 2.38. The Labute approximate surface area is 105 Å². The van der Waals surface area contributed by atoms with E-state index in [1.165, 1.54) is 7.11 Å². The fraction of sp³-hybridized carbons (Fsp3) is 0.273. The Bertz CT molecular complexity index is 445. The number of hydrogen-bond acceptors (Lipinski definition) is 5. The standard InChI is InChI=1S/C11H16N4O3/c1-16-8-4-7(5-9(6-8)17-2)10(18-3)14-15-11(12)13/h4-6H,1-3H3,(H4,12,13,15). The summed E-state index contributed by atoms with van der Waals surface area (Å²) in [7, 11) is 4.57. The Morgan fingerprint density at radius 3 is 1.89 bits per heavy atom. The number of benzene rings is 1. The predicted octanol–water partition coefficient (Wildman–Crippen LogP) is 0.285. The monoisotopic (exact) mass is 252 g/mol. The number of methoxy groups -OCH3 is 3. The molecule has 0 bridgehead atoms. The second-order valence-electron chi connectivity index (χ2n) is 3.24. The molecule has 0 aliphatic rings. The topological polar surface area (TPSA) is 104 Å². The Morgan fingerprint density at radius 1 is 0.944 bits per heavy atom. The van der Waals surface area contributed by atoms with E-state index >= 15 is 0 Å². The van der Waals surface area contributed by atoms with Crippen molar-refractivity contribution in [1.29, 1.82) is 0 Å². The van der Waals surface area contributed by atoms with Gasteiger partial charge in [-0.3, -0.25) is 0 Å². The van der Waals surface area contributed by atoms with Crippen LogP contribution in [-0.2, 0) is 4.74 Å². The third-order valence-electron chi connectivity index (χ3n) is 2.05. The number of rotatable bonds is 4. The molecular weight excluding hydrogens is 236 g/mol. The summed E-state index contributed by atoms with van der Waals surface area (Å²) in [5, 5.41) is 7.32. The molecule has 0 unspecified atom stereocenters. The molecule has 0 heterocycles. The van der Waals surface area contributed by atoms with E-state index < -0.39 is 0 Å². The minimum atomic E-state index is -0.153. The number of nitrogens with two attached hydrogens (primary N) is 2. The maximum absolute atomic E-state index is 5.20. The fourth-order valence-corrected chi connectivity index (χ4v) is 1.25. The molecule has 0 aliphatic carbocycles. The van der Waals surface area contributed by atoms with Gasteiger partial charge in [-0.1, -0.05) is 0 Å². The van der Waals surface area contributed by atoms with Crippen molar-refractivity contribution in [2.75, 3.05) is 21.3 Å². The van der Waals surface area contributed by atoms with E-state index in [4.69, 9.17) is 25.7 Å². The molecule has 0 radical (unpaired) electrons. The maximum atomic E-state index is 5.20. The van der Waals surface area contributed by atoms with Crippen LogP contribution >= 0.6 is 0 Å². The van der Waals surface area contributed by atoms with Crippen molar-refractivity contribution in [2.24, 2.45) is 21.7 Å². The quantitative estimate of drug-likeness (QED) is 0.455. The molecule has 0 saturated carbocycles. The van der Waals surface area contributed by atoms with Gasteiger partial charge < -0.3 is 25.7 Å². The highest BCUT2D eigenvalue weighted by atomic mass is 16.5. The minimum Gasteiger partial charge on any atom is -0.497 e. The molecule has 0 fully saturated rings. The summed E-state index contributed by atoms with van der Waals surface area (Å²) in [5.41, 5.74) is 11.0. The van der Waals surface area contributed by atoms with Crippen molar-refractivity contribution >= 4 is 11.9 Å². The molecule has 0 aromatic heterocycles. The van der Waals surface area contributed by atoms with Gasteiger partial charge >= 0.3 is 0 Å². The second-order valence-corrected chi connectivity index (χ2v) is 3.24. The normalized spacial score (nSPS) is 10.7. The van der Waals surface area contributed by atoms with Gasteiger partial charge in [0.2, 0.25) is 11.9 Å². The zero-order chi connectivity index (χ0) is 13.5. The molecule has 1 aromatic carbocycles. The van der Waals surface area contributed by atoms with Crippen LogP contribution in [0.2, 0.25) is 0 Å². The van der Waals surface area contributed by atoms with E-state index in [0.29, 0.717) is 17.1 Å². The fourth-order valence-electron chi connectivity index (χ4n) is 1.25. The Hall–Kier alpha value is -2.44. The first-order valence-corrected chi connectivity index (χ1v) is 5.04. The van der Waals surface area contributed by atoms with Crippen LogP contribution in [0, 0.1) is 0 Å². The van der Waals surface area contributed by atoms with Gasteiger partial charge in [0.1, 0.15) is 11.5 Å². The van der Waals surface area contributed by atoms with Crippen molar-refractivity contribution in [1.82, 2.24) is 0 Å². The van der Waals surface area contributed by atoms with Crippen LogP contribution in [0.4, 0.5) is 0 Å². The van der Waals surface area contributed by atoms with Gasteiger partial charge in [0.25, 0.3) is 0 Å². The highest BCUT2D eigenvalue weighted by Gasteiger charge is 2.08. The van der Waals surface area contributed by atoms with Crippen LogP contribution in [0.5, 0.6) is 11.5 Å². The largest absolute Gasteiger partial charge is 0.497 e. The molecule has 4 N–H and O–H groups in total. The summed E-state index contributed by atoms with van der Waals surface area (Å²) in [6, 6.07) is 5.19. The van der Waals surface area contributed by atoms with E-state index in [1.54, 1.807) is 32.4 Å². The third kappa shape index (κ3) is 3.55. The van der Waals surface area contributed by atoms with E-state index in [-0.39, 0.29) is 11.9 Å². The first-order chi connectivity index (χ1) is 8.60. The summed E-state index contributed by atoms with van der Waals surface area (Å²) in [6.45, 7) is 0. The van der Waals surface area contributed by atoms with Crippen LogP contribution < -0.4 is 20.9 Å². The molecule has 1 rings (SSSR count). The highest BCUT2D eigenvalue weighted by Crippen LogP contribution is 2.23. The zero-order valence-corrected chi connectivity index (χ0v) is 10.5. The molecule has 0 amide bonds. The number of nitrogens with zero attached hydrogens (tertiary/aromatic N) is 2. The Kier molecular flexibility index (Phi) is 4.79. The first-order valence-electron chi connectivity index (χ1n) is 5.04. The van der Waals surface area contributed by atoms with Crippen LogP contribution in [0.1, 0.15) is 5.56 Å². The lowest BCUT2D eigenvalue weighted by molar-refractivity contribution is 0.389. The molecule has 98 valence electrons. The van der Waals surface area contributed by atoms with E-state index in [2.05, 4.69) is 10.2 Å². The van der Waals surface area contributed by atoms with Gasteiger partial charge in [-0.05, 0) is 12.1 Å². The van der Waals surface area contributed by atoms with E-state index in [9.17, 15) is 0 Å². The van der Waals surface area contributed by atoms with Crippen molar-refractivity contribution in [2.45, 2.75) is 0 Å². The first kappa shape index (κ1) is 13.6. The van der Waals surface area contributed by atoms with Gasteiger partial charge in [-0.25, -0.2) is 0 Å². The van der Waals surface area contributed by atoms with Crippen LogP contribution in [-0.4, -0.2) is 33.2 Å². The maximum Gasteiger partial charge on any atom is 0.240 e. The van der Waals surface area contributed by atoms with Crippen molar-refractivity contribution in [3.05, 3.63) is 23.8 Å². The van der Waals surface area contributed by atoms with Gasteiger partial charge in [-0.2, -0.15) is 0 Å². The molecule has 7 heteroatoms. The van der Waals surface area contributed by atoms with Crippen molar-refractivity contribution < 1.29 is 14.2 Å². The summed E-state index contributed by atoms with van der Waals surface area (Å²) >= 11 is 0. The smallest absolute Gasteiger partial charge is 0.240 e. The van der Waals surface area contributed by atoms with Gasteiger partial charge in [0.05, 0.1) is 21.3 Å². The molecular formula is C11H16N4O3. The van der Waals surface area contributed by atoms with Crippen LogP contribution in [0.25, 0.3) is 0 Å². The highest BCUT2D eigenvalue weighted by molar-refractivity contribution is 5.95. The number of ether oxygens (including phenoxy) is 3. The van der Waals surface area contributed by atoms with E-state index in [1.807, 2.05) is 0 Å². The van der Waals surface area contributed by atoms with Crippen LogP contribution in [0.3, 0.4) is 0 Å². The Balaban J connectivity index is 3.20.